The van der Waals surface area contributed by atoms with Gasteiger partial charge < -0.3 is 15.2 Å². The molecule has 0 aromatic rings. The van der Waals surface area contributed by atoms with Crippen LogP contribution < -0.4 is 10.6 Å². The Bertz CT molecular complexity index is 431. The standard InChI is InChI=1S/C12H19N3O4/c1-11(2,3)19-10(18)14-7-4-5-12(13-6-7)8(15-12)9(16)17/h7,13H,4-6H2,1-3H3,(H,14,18)(H,16,17). The van der Waals surface area contributed by atoms with E-state index in [1.54, 1.807) is 20.8 Å². The highest BCUT2D eigenvalue weighted by molar-refractivity contribution is 6.45. The van der Waals surface area contributed by atoms with E-state index in [0.29, 0.717) is 19.4 Å². The lowest BCUT2D eigenvalue weighted by Crippen LogP contribution is -2.54. The van der Waals surface area contributed by atoms with Crippen LogP contribution >= 0.6 is 0 Å². The summed E-state index contributed by atoms with van der Waals surface area (Å²) in [7, 11) is 0. The molecule has 1 spiro atoms. The Morgan fingerprint density at radius 2 is 2.21 bits per heavy atom. The molecule has 0 aromatic heterocycles. The zero-order chi connectivity index (χ0) is 14.3. The molecule has 3 N–H and O–H groups in total. The minimum absolute atomic E-state index is 0.0636. The van der Waals surface area contributed by atoms with Crippen LogP contribution in [0.1, 0.15) is 33.6 Å². The summed E-state index contributed by atoms with van der Waals surface area (Å²) < 4.78 is 5.17. The van der Waals surface area contributed by atoms with Crippen molar-refractivity contribution in [1.82, 2.24) is 10.6 Å². The minimum Gasteiger partial charge on any atom is -0.477 e. The molecule has 1 saturated heterocycles. The van der Waals surface area contributed by atoms with Gasteiger partial charge in [-0.25, -0.2) is 14.6 Å². The number of carbonyl (C=O) groups is 2. The van der Waals surface area contributed by atoms with Gasteiger partial charge in [-0.05, 0) is 33.6 Å². The third kappa shape index (κ3) is 3.23. The molecule has 2 aliphatic heterocycles. The van der Waals surface area contributed by atoms with Crippen LogP contribution in [0.4, 0.5) is 4.79 Å². The second kappa shape index (κ2) is 4.48. The zero-order valence-electron chi connectivity index (χ0n) is 11.3. The van der Waals surface area contributed by atoms with Crippen molar-refractivity contribution in [3.63, 3.8) is 0 Å². The Balaban J connectivity index is 1.76. The molecule has 2 unspecified atom stereocenters. The van der Waals surface area contributed by atoms with E-state index in [2.05, 4.69) is 15.6 Å². The lowest BCUT2D eigenvalue weighted by molar-refractivity contribution is -0.129. The molecule has 0 saturated carbocycles. The Kier molecular flexibility index (Phi) is 3.25. The molecule has 0 aliphatic carbocycles. The predicted octanol–water partition coefficient (Wildman–Crippen LogP) is 0.499. The average Bonchev–Trinajstić information content (AvgIpc) is 2.94. The summed E-state index contributed by atoms with van der Waals surface area (Å²) >= 11 is 0. The summed E-state index contributed by atoms with van der Waals surface area (Å²) in [5, 5.41) is 14.7. The van der Waals surface area contributed by atoms with E-state index in [1.807, 2.05) is 0 Å². The van der Waals surface area contributed by atoms with Crippen LogP contribution in [0.5, 0.6) is 0 Å². The first-order valence-electron chi connectivity index (χ1n) is 6.30. The first-order chi connectivity index (χ1) is 8.72. The van der Waals surface area contributed by atoms with Crippen molar-refractivity contribution in [2.45, 2.75) is 50.9 Å². The molecule has 1 amide bonds. The summed E-state index contributed by atoms with van der Waals surface area (Å²) in [6.45, 7) is 5.90. The van der Waals surface area contributed by atoms with E-state index in [4.69, 9.17) is 9.84 Å². The van der Waals surface area contributed by atoms with Gasteiger partial charge >= 0.3 is 12.1 Å². The first-order valence-corrected chi connectivity index (χ1v) is 6.30. The highest BCUT2D eigenvalue weighted by Crippen LogP contribution is 2.33. The highest BCUT2D eigenvalue weighted by Gasteiger charge is 2.53. The Hall–Kier alpha value is -1.63. The molecule has 7 heteroatoms. The van der Waals surface area contributed by atoms with Crippen LogP contribution in [0.15, 0.2) is 4.99 Å². The van der Waals surface area contributed by atoms with Crippen molar-refractivity contribution in [2.75, 3.05) is 6.54 Å². The number of rotatable bonds is 2. The molecule has 1 fully saturated rings. The number of aliphatic imine (C=N–C) groups is 1. The second-order valence-electron chi connectivity index (χ2n) is 5.89. The lowest BCUT2D eigenvalue weighted by Gasteiger charge is -2.30. The largest absolute Gasteiger partial charge is 0.477 e. The van der Waals surface area contributed by atoms with E-state index in [-0.39, 0.29) is 11.8 Å². The summed E-state index contributed by atoms with van der Waals surface area (Å²) in [6, 6.07) is -0.0636. The Labute approximate surface area is 111 Å². The van der Waals surface area contributed by atoms with Crippen LogP contribution in [0, 0.1) is 0 Å². The van der Waals surface area contributed by atoms with Gasteiger partial charge in [0.05, 0.1) is 0 Å². The smallest absolute Gasteiger partial charge is 0.407 e. The fourth-order valence-corrected chi connectivity index (χ4v) is 2.15. The molecule has 2 heterocycles. The molecule has 0 radical (unpaired) electrons. The van der Waals surface area contributed by atoms with Crippen molar-refractivity contribution in [3.05, 3.63) is 0 Å². The molecule has 19 heavy (non-hydrogen) atoms. The summed E-state index contributed by atoms with van der Waals surface area (Å²) in [5.74, 6) is -0.981. The van der Waals surface area contributed by atoms with Crippen molar-refractivity contribution >= 4 is 17.8 Å². The number of alkyl carbamates (subject to hydrolysis) is 1. The molecule has 106 valence electrons. The Morgan fingerprint density at radius 3 is 2.63 bits per heavy atom. The van der Waals surface area contributed by atoms with Gasteiger partial charge in [-0.3, -0.25) is 5.32 Å². The maximum absolute atomic E-state index is 11.6. The molecule has 0 aromatic carbocycles. The lowest BCUT2D eigenvalue weighted by atomic mass is 9.97. The minimum atomic E-state index is -0.981. The van der Waals surface area contributed by atoms with Crippen LogP contribution in [0.25, 0.3) is 0 Å². The van der Waals surface area contributed by atoms with Gasteiger partial charge in [0.15, 0.2) is 11.4 Å². The Morgan fingerprint density at radius 1 is 1.53 bits per heavy atom. The van der Waals surface area contributed by atoms with E-state index in [1.165, 1.54) is 0 Å². The number of carboxylic acid groups (broad SMARTS) is 1. The van der Waals surface area contributed by atoms with Gasteiger partial charge in [-0.15, -0.1) is 0 Å². The fraction of sp³-hybridized carbons (Fsp3) is 0.750. The number of piperidine rings is 1. The maximum atomic E-state index is 11.6. The molecular formula is C12H19N3O4. The molecular weight excluding hydrogens is 250 g/mol. The van der Waals surface area contributed by atoms with Gasteiger partial charge in [0.2, 0.25) is 0 Å². The molecule has 0 bridgehead atoms. The van der Waals surface area contributed by atoms with Crippen molar-refractivity contribution < 1.29 is 19.4 Å². The van der Waals surface area contributed by atoms with Crippen molar-refractivity contribution in [1.29, 1.82) is 0 Å². The van der Waals surface area contributed by atoms with E-state index in [0.717, 1.165) is 0 Å². The van der Waals surface area contributed by atoms with Gasteiger partial charge in [0, 0.05) is 12.6 Å². The molecule has 2 rings (SSSR count). The monoisotopic (exact) mass is 269 g/mol. The SMILES string of the molecule is CC(C)(C)OC(=O)NC1CCC2(N=C2C(=O)O)NC1. The number of aliphatic carboxylic acids is 1. The number of amides is 1. The van der Waals surface area contributed by atoms with Crippen molar-refractivity contribution in [3.8, 4) is 0 Å². The number of nitrogens with one attached hydrogen (secondary N) is 2. The van der Waals surface area contributed by atoms with Crippen LogP contribution in [0.2, 0.25) is 0 Å². The van der Waals surface area contributed by atoms with E-state index < -0.39 is 23.3 Å². The van der Waals surface area contributed by atoms with E-state index >= 15 is 0 Å². The number of hydrogen-bond acceptors (Lipinski definition) is 5. The predicted molar refractivity (Wildman–Crippen MR) is 68.2 cm³/mol. The number of nitrogens with zero attached hydrogens (tertiary/aromatic N) is 1. The number of carbonyl (C=O) groups excluding carboxylic acids is 1. The number of carboxylic acids is 1. The highest BCUT2D eigenvalue weighted by atomic mass is 16.6. The molecule has 2 aliphatic rings. The molecule has 7 nitrogen and oxygen atoms in total. The summed E-state index contributed by atoms with van der Waals surface area (Å²) in [4.78, 5) is 26.4. The van der Waals surface area contributed by atoms with Crippen LogP contribution in [-0.4, -0.2) is 46.7 Å². The average molecular weight is 269 g/mol. The summed E-state index contributed by atoms with van der Waals surface area (Å²) in [6.07, 6.45) is 0.798. The number of ether oxygens (including phenoxy) is 1. The first kappa shape index (κ1) is 13.8. The second-order valence-corrected chi connectivity index (χ2v) is 5.89. The fourth-order valence-electron chi connectivity index (χ4n) is 2.15. The van der Waals surface area contributed by atoms with Gasteiger partial charge in [-0.2, -0.15) is 0 Å². The van der Waals surface area contributed by atoms with Crippen molar-refractivity contribution in [2.24, 2.45) is 4.99 Å². The van der Waals surface area contributed by atoms with Gasteiger partial charge in [0.25, 0.3) is 0 Å². The number of hydrogen-bond donors (Lipinski definition) is 3. The molecule has 2 atom stereocenters. The topological polar surface area (TPSA) is 100 Å². The third-order valence-corrected chi connectivity index (χ3v) is 3.06. The van der Waals surface area contributed by atoms with Crippen LogP contribution in [0.3, 0.4) is 0 Å². The van der Waals surface area contributed by atoms with Gasteiger partial charge in [-0.1, -0.05) is 0 Å². The zero-order valence-corrected chi connectivity index (χ0v) is 11.3. The maximum Gasteiger partial charge on any atom is 0.407 e. The quantitative estimate of drug-likeness (QED) is 0.677. The van der Waals surface area contributed by atoms with E-state index in [9.17, 15) is 9.59 Å². The van der Waals surface area contributed by atoms with Gasteiger partial charge in [0.1, 0.15) is 5.60 Å². The van der Waals surface area contributed by atoms with Crippen LogP contribution in [-0.2, 0) is 9.53 Å². The summed E-state index contributed by atoms with van der Waals surface area (Å²) in [5.41, 5.74) is -1.02. The normalized spacial score (nSPS) is 29.6. The third-order valence-electron chi connectivity index (χ3n) is 3.06.